The second-order valence-corrected chi connectivity index (χ2v) is 6.51. The molecule has 2 rings (SSSR count). The van der Waals surface area contributed by atoms with Crippen molar-refractivity contribution in [3.05, 3.63) is 54.0 Å². The molecule has 31 heavy (non-hydrogen) atoms. The van der Waals surface area contributed by atoms with Crippen molar-refractivity contribution in [3.63, 3.8) is 0 Å². The minimum atomic E-state index is -5.08. The summed E-state index contributed by atoms with van der Waals surface area (Å²) in [6.07, 6.45) is -3.59. The Bertz CT molecular complexity index is 916. The lowest BCUT2D eigenvalue weighted by atomic mass is 10.2. The highest BCUT2D eigenvalue weighted by Gasteiger charge is 2.38. The maximum absolute atomic E-state index is 12.1. The van der Waals surface area contributed by atoms with Crippen LogP contribution in [0.4, 0.5) is 23.8 Å². The number of urea groups is 1. The lowest BCUT2D eigenvalue weighted by Crippen LogP contribution is -2.50. The van der Waals surface area contributed by atoms with E-state index in [0.717, 1.165) is 5.56 Å². The van der Waals surface area contributed by atoms with Gasteiger partial charge in [0.05, 0.1) is 6.54 Å². The summed E-state index contributed by atoms with van der Waals surface area (Å²) in [5.74, 6) is -1.99. The van der Waals surface area contributed by atoms with Gasteiger partial charge in [0, 0.05) is 18.8 Å². The largest absolute Gasteiger partial charge is 0.490 e. The van der Waals surface area contributed by atoms with Gasteiger partial charge in [-0.25, -0.2) is 19.6 Å². The Balaban J connectivity index is 0.000000592. The van der Waals surface area contributed by atoms with E-state index >= 15 is 0 Å². The molecular weight excluding hydrogens is 417 g/mol. The van der Waals surface area contributed by atoms with Crippen LogP contribution in [0.5, 0.6) is 0 Å². The number of halogens is 3. The van der Waals surface area contributed by atoms with Gasteiger partial charge in [-0.3, -0.25) is 5.01 Å². The van der Waals surface area contributed by atoms with Gasteiger partial charge in [-0.15, -0.1) is 0 Å². The zero-order valence-corrected chi connectivity index (χ0v) is 16.7. The number of amides is 2. The second kappa shape index (κ2) is 11.3. The van der Waals surface area contributed by atoms with Crippen LogP contribution in [0.25, 0.3) is 0 Å². The molecule has 2 amide bonds. The van der Waals surface area contributed by atoms with E-state index in [1.165, 1.54) is 11.2 Å². The molecule has 0 fully saturated rings. The van der Waals surface area contributed by atoms with Crippen LogP contribution >= 0.6 is 0 Å². The van der Waals surface area contributed by atoms with E-state index in [2.05, 4.69) is 9.97 Å². The van der Waals surface area contributed by atoms with Crippen LogP contribution in [0, 0.1) is 17.2 Å². The van der Waals surface area contributed by atoms with E-state index < -0.39 is 18.2 Å². The molecule has 0 saturated carbocycles. The average Bonchev–Trinajstić information content (AvgIpc) is 2.70. The number of carboxylic acids is 1. The second-order valence-electron chi connectivity index (χ2n) is 6.51. The first-order valence-electron chi connectivity index (χ1n) is 8.87. The number of aromatic nitrogens is 2. The van der Waals surface area contributed by atoms with Crippen molar-refractivity contribution >= 4 is 17.8 Å². The third-order valence-electron chi connectivity index (χ3n) is 3.51. The minimum Gasteiger partial charge on any atom is -0.475 e. The van der Waals surface area contributed by atoms with Gasteiger partial charge in [0.1, 0.15) is 6.07 Å². The van der Waals surface area contributed by atoms with E-state index in [0.29, 0.717) is 18.9 Å². The topological polar surface area (TPSA) is 136 Å². The fraction of sp³-hybridized carbons (Fsp3) is 0.316. The Kier molecular flexibility index (Phi) is 9.20. The van der Waals surface area contributed by atoms with E-state index in [4.69, 9.17) is 20.9 Å². The molecule has 3 N–H and O–H groups in total. The number of rotatable bonds is 6. The number of anilines is 1. The molecule has 1 aromatic heterocycles. The normalized spacial score (nSPS) is 10.5. The van der Waals surface area contributed by atoms with Gasteiger partial charge < -0.3 is 10.8 Å². The van der Waals surface area contributed by atoms with Gasteiger partial charge in [-0.1, -0.05) is 44.2 Å². The first kappa shape index (κ1) is 25.2. The van der Waals surface area contributed by atoms with E-state index in [1.807, 2.05) is 50.2 Å². The average molecular weight is 438 g/mol. The minimum absolute atomic E-state index is 0.0467. The SMILES string of the molecule is CC(C)CN(c1ccnc(C#N)n1)N(Cc1ccccc1)C(N)=O.O=C(O)C(F)(F)F. The van der Waals surface area contributed by atoms with Gasteiger partial charge in [0.2, 0.25) is 5.82 Å². The van der Waals surface area contributed by atoms with Crippen LogP contribution in [-0.4, -0.2) is 44.8 Å². The fourth-order valence-electron chi connectivity index (χ4n) is 2.25. The number of benzene rings is 1. The van der Waals surface area contributed by atoms with Crippen LogP contribution in [0.3, 0.4) is 0 Å². The van der Waals surface area contributed by atoms with Crippen LogP contribution in [0.15, 0.2) is 42.6 Å². The zero-order chi connectivity index (χ0) is 23.6. The quantitative estimate of drug-likeness (QED) is 0.662. The van der Waals surface area contributed by atoms with Crippen LogP contribution in [0.1, 0.15) is 25.2 Å². The molecule has 0 aliphatic rings. The van der Waals surface area contributed by atoms with Crippen molar-refractivity contribution in [1.82, 2.24) is 15.0 Å². The number of carboxylic acid groups (broad SMARTS) is 1. The zero-order valence-electron chi connectivity index (χ0n) is 16.7. The molecule has 2 aromatic rings. The Morgan fingerprint density at radius 1 is 1.23 bits per heavy atom. The number of carbonyl (C=O) groups excluding carboxylic acids is 1. The number of carbonyl (C=O) groups is 2. The third kappa shape index (κ3) is 8.57. The van der Waals surface area contributed by atoms with Crippen molar-refractivity contribution in [2.45, 2.75) is 26.6 Å². The third-order valence-corrected chi connectivity index (χ3v) is 3.51. The number of nitrogens with zero attached hydrogens (tertiary/aromatic N) is 5. The van der Waals surface area contributed by atoms with Crippen molar-refractivity contribution < 1.29 is 27.9 Å². The summed E-state index contributed by atoms with van der Waals surface area (Å²) in [4.78, 5) is 29.0. The summed E-state index contributed by atoms with van der Waals surface area (Å²) in [7, 11) is 0. The molecule has 166 valence electrons. The molecule has 0 saturated heterocycles. The number of nitriles is 1. The lowest BCUT2D eigenvalue weighted by Gasteiger charge is -2.35. The smallest absolute Gasteiger partial charge is 0.475 e. The lowest BCUT2D eigenvalue weighted by molar-refractivity contribution is -0.192. The maximum atomic E-state index is 12.1. The number of nitrogens with two attached hydrogens (primary N) is 1. The molecule has 0 bridgehead atoms. The number of hydrogen-bond acceptors (Lipinski definition) is 6. The highest BCUT2D eigenvalue weighted by molar-refractivity contribution is 5.74. The number of primary amides is 1. The summed E-state index contributed by atoms with van der Waals surface area (Å²) in [6, 6.07) is 12.5. The predicted octanol–water partition coefficient (Wildman–Crippen LogP) is 2.94. The van der Waals surface area contributed by atoms with Crippen molar-refractivity contribution in [2.75, 3.05) is 11.6 Å². The van der Waals surface area contributed by atoms with Gasteiger partial charge >= 0.3 is 18.2 Å². The Morgan fingerprint density at radius 2 is 1.81 bits per heavy atom. The Hall–Kier alpha value is -3.88. The number of hydrogen-bond donors (Lipinski definition) is 2. The van der Waals surface area contributed by atoms with Gasteiger partial charge in [0.25, 0.3) is 0 Å². The summed E-state index contributed by atoms with van der Waals surface area (Å²) >= 11 is 0. The van der Waals surface area contributed by atoms with Gasteiger partial charge in [0.15, 0.2) is 5.82 Å². The molecular formula is C19H21F3N6O3. The highest BCUT2D eigenvalue weighted by Crippen LogP contribution is 2.18. The highest BCUT2D eigenvalue weighted by atomic mass is 19.4. The number of aliphatic carboxylic acids is 1. The monoisotopic (exact) mass is 438 g/mol. The first-order valence-corrected chi connectivity index (χ1v) is 8.87. The number of hydrazine groups is 1. The van der Waals surface area contributed by atoms with Crippen LogP contribution in [-0.2, 0) is 11.3 Å². The molecule has 0 atom stereocenters. The molecule has 0 unspecified atom stereocenters. The molecule has 1 aromatic carbocycles. The molecule has 0 radical (unpaired) electrons. The van der Waals surface area contributed by atoms with Crippen LogP contribution < -0.4 is 10.7 Å². The van der Waals surface area contributed by atoms with E-state index in [9.17, 15) is 18.0 Å². The molecule has 12 heteroatoms. The van der Waals surface area contributed by atoms with Crippen molar-refractivity contribution in [2.24, 2.45) is 11.7 Å². The van der Waals surface area contributed by atoms with E-state index in [1.54, 1.807) is 11.1 Å². The molecule has 9 nitrogen and oxygen atoms in total. The summed E-state index contributed by atoms with van der Waals surface area (Å²) in [5.41, 5.74) is 6.55. The van der Waals surface area contributed by atoms with Crippen LogP contribution in [0.2, 0.25) is 0 Å². The standard InChI is InChI=1S/C17H20N6O.C2HF3O2/c1-13(2)11-22(16-8-9-20-15(10-18)21-16)23(17(19)24)12-14-6-4-3-5-7-14;3-2(4,5)1(6)7/h3-9,13H,11-12H2,1-2H3,(H2,19,24);(H,6,7). The molecule has 0 spiro atoms. The summed E-state index contributed by atoms with van der Waals surface area (Å²) < 4.78 is 31.7. The Morgan fingerprint density at radius 3 is 2.26 bits per heavy atom. The molecule has 1 heterocycles. The predicted molar refractivity (Wildman–Crippen MR) is 104 cm³/mol. The summed E-state index contributed by atoms with van der Waals surface area (Å²) in [5, 5.41) is 19.3. The molecule has 0 aliphatic carbocycles. The number of alkyl halides is 3. The first-order chi connectivity index (χ1) is 14.5. The summed E-state index contributed by atoms with van der Waals surface area (Å²) in [6.45, 7) is 4.90. The van der Waals surface area contributed by atoms with Gasteiger partial charge in [-0.2, -0.15) is 23.4 Å². The molecule has 0 aliphatic heterocycles. The van der Waals surface area contributed by atoms with Crippen molar-refractivity contribution in [1.29, 1.82) is 5.26 Å². The fourth-order valence-corrected chi connectivity index (χ4v) is 2.25. The maximum Gasteiger partial charge on any atom is 0.490 e. The Labute approximate surface area is 176 Å². The van der Waals surface area contributed by atoms with E-state index in [-0.39, 0.29) is 11.7 Å². The van der Waals surface area contributed by atoms with Crippen molar-refractivity contribution in [3.8, 4) is 6.07 Å². The van der Waals surface area contributed by atoms with Gasteiger partial charge in [-0.05, 0) is 11.5 Å².